The van der Waals surface area contributed by atoms with Crippen LogP contribution in [-0.4, -0.2) is 12.0 Å². The van der Waals surface area contributed by atoms with Gasteiger partial charge in [0.2, 0.25) is 0 Å². The lowest BCUT2D eigenvalue weighted by Gasteiger charge is -2.10. The summed E-state index contributed by atoms with van der Waals surface area (Å²) in [6.45, 7) is 1.99. The van der Waals surface area contributed by atoms with Gasteiger partial charge in [-0.2, -0.15) is 0 Å². The molecule has 0 saturated heterocycles. The Morgan fingerprint density at radius 1 is 1.50 bits per heavy atom. The Morgan fingerprint density at radius 2 is 2.17 bits per heavy atom. The maximum Gasteiger partial charge on any atom is 0.0757 e. The molecule has 0 saturated carbocycles. The molecule has 12 heavy (non-hydrogen) atoms. The van der Waals surface area contributed by atoms with Crippen molar-refractivity contribution >= 4 is 23.2 Å². The van der Waals surface area contributed by atoms with Crippen molar-refractivity contribution in [3.63, 3.8) is 0 Å². The van der Waals surface area contributed by atoms with Crippen molar-refractivity contribution < 1.29 is 0 Å². The van der Waals surface area contributed by atoms with Gasteiger partial charge in [-0.3, -0.25) is 4.98 Å². The van der Waals surface area contributed by atoms with Gasteiger partial charge < -0.3 is 5.32 Å². The predicted molar refractivity (Wildman–Crippen MR) is 51.7 cm³/mol. The third kappa shape index (κ3) is 2.09. The van der Waals surface area contributed by atoms with E-state index in [1.807, 2.05) is 14.0 Å². The summed E-state index contributed by atoms with van der Waals surface area (Å²) in [5.74, 6) is 0. The second kappa shape index (κ2) is 4.08. The number of hydrogen-bond donors (Lipinski definition) is 1. The summed E-state index contributed by atoms with van der Waals surface area (Å²) in [6, 6.07) is 1.84. The van der Waals surface area contributed by atoms with Crippen molar-refractivity contribution in [2.75, 3.05) is 7.05 Å². The summed E-state index contributed by atoms with van der Waals surface area (Å²) < 4.78 is 0. The molecule has 1 heterocycles. The van der Waals surface area contributed by atoms with Gasteiger partial charge in [0.1, 0.15) is 0 Å². The fourth-order valence-electron chi connectivity index (χ4n) is 0.880. The molecule has 0 unspecified atom stereocenters. The second-order valence-corrected chi connectivity index (χ2v) is 3.37. The molecule has 0 bridgehead atoms. The number of nitrogens with zero attached hydrogens (tertiary/aromatic N) is 1. The van der Waals surface area contributed by atoms with E-state index in [1.54, 1.807) is 12.3 Å². The van der Waals surface area contributed by atoms with Crippen LogP contribution in [0, 0.1) is 0 Å². The van der Waals surface area contributed by atoms with Crippen LogP contribution >= 0.6 is 23.2 Å². The molecule has 1 rings (SSSR count). The van der Waals surface area contributed by atoms with Crippen molar-refractivity contribution in [1.29, 1.82) is 0 Å². The number of pyridine rings is 1. The summed E-state index contributed by atoms with van der Waals surface area (Å²) in [5, 5.41) is 4.21. The number of aromatic nitrogens is 1. The molecule has 4 heteroatoms. The molecular formula is C8H10Cl2N2. The smallest absolute Gasteiger partial charge is 0.0757 e. The molecule has 0 aliphatic carbocycles. The lowest BCUT2D eigenvalue weighted by molar-refractivity contribution is 0.633. The van der Waals surface area contributed by atoms with Crippen LogP contribution in [0.25, 0.3) is 0 Å². The Kier molecular flexibility index (Phi) is 3.32. The van der Waals surface area contributed by atoms with Gasteiger partial charge in [-0.25, -0.2) is 0 Å². The van der Waals surface area contributed by atoms with Gasteiger partial charge in [0.15, 0.2) is 0 Å². The minimum atomic E-state index is 0.148. The molecule has 0 radical (unpaired) electrons. The highest BCUT2D eigenvalue weighted by Gasteiger charge is 2.08. The van der Waals surface area contributed by atoms with Crippen LogP contribution < -0.4 is 5.32 Å². The Morgan fingerprint density at radius 3 is 2.67 bits per heavy atom. The highest BCUT2D eigenvalue weighted by Crippen LogP contribution is 2.22. The van der Waals surface area contributed by atoms with Gasteiger partial charge in [-0.05, 0) is 20.0 Å². The first kappa shape index (κ1) is 9.78. The Hall–Kier alpha value is -0.310. The van der Waals surface area contributed by atoms with Crippen LogP contribution in [-0.2, 0) is 0 Å². The van der Waals surface area contributed by atoms with Crippen molar-refractivity contribution in [3.8, 4) is 0 Å². The molecule has 2 nitrogen and oxygen atoms in total. The maximum atomic E-state index is 5.92. The minimum absolute atomic E-state index is 0.148. The zero-order valence-corrected chi connectivity index (χ0v) is 8.45. The first-order chi connectivity index (χ1) is 5.65. The van der Waals surface area contributed by atoms with Crippen LogP contribution in [0.1, 0.15) is 18.7 Å². The lowest BCUT2D eigenvalue weighted by Crippen LogP contribution is -2.14. The summed E-state index contributed by atoms with van der Waals surface area (Å²) in [7, 11) is 1.86. The van der Waals surface area contributed by atoms with Crippen LogP contribution in [0.5, 0.6) is 0 Å². The summed E-state index contributed by atoms with van der Waals surface area (Å²) in [5.41, 5.74) is 0.823. The SMILES string of the molecule is CN[C@H](C)c1ncc(Cl)cc1Cl. The largest absolute Gasteiger partial charge is 0.312 e. The molecular weight excluding hydrogens is 195 g/mol. The fraction of sp³-hybridized carbons (Fsp3) is 0.375. The van der Waals surface area contributed by atoms with Gasteiger partial charge in [-0.1, -0.05) is 23.2 Å². The average Bonchev–Trinajstić information content (AvgIpc) is 2.03. The third-order valence-electron chi connectivity index (χ3n) is 1.68. The van der Waals surface area contributed by atoms with Gasteiger partial charge in [0.25, 0.3) is 0 Å². The Balaban J connectivity index is 3.01. The monoisotopic (exact) mass is 204 g/mol. The van der Waals surface area contributed by atoms with Gasteiger partial charge in [0.05, 0.1) is 15.7 Å². The van der Waals surface area contributed by atoms with Crippen LogP contribution in [0.15, 0.2) is 12.3 Å². The molecule has 1 aromatic rings. The molecule has 0 aromatic carbocycles. The molecule has 1 atom stereocenters. The number of nitrogens with one attached hydrogen (secondary N) is 1. The zero-order valence-electron chi connectivity index (χ0n) is 6.94. The highest BCUT2D eigenvalue weighted by molar-refractivity contribution is 6.34. The maximum absolute atomic E-state index is 5.92. The first-order valence-corrected chi connectivity index (χ1v) is 4.39. The fourth-order valence-corrected chi connectivity index (χ4v) is 1.42. The van der Waals surface area contributed by atoms with E-state index in [9.17, 15) is 0 Å². The van der Waals surface area contributed by atoms with Crippen molar-refractivity contribution in [2.24, 2.45) is 0 Å². The molecule has 66 valence electrons. The van der Waals surface area contributed by atoms with Crippen molar-refractivity contribution in [2.45, 2.75) is 13.0 Å². The Bertz CT molecular complexity index is 276. The number of hydrogen-bond acceptors (Lipinski definition) is 2. The molecule has 0 spiro atoms. The van der Waals surface area contributed by atoms with Gasteiger partial charge in [0, 0.05) is 12.2 Å². The van der Waals surface area contributed by atoms with E-state index < -0.39 is 0 Å². The summed E-state index contributed by atoms with van der Waals surface area (Å²) in [6.07, 6.45) is 1.59. The van der Waals surface area contributed by atoms with E-state index in [-0.39, 0.29) is 6.04 Å². The van der Waals surface area contributed by atoms with E-state index in [0.717, 1.165) is 5.69 Å². The normalized spacial score (nSPS) is 13.0. The topological polar surface area (TPSA) is 24.9 Å². The number of halogens is 2. The van der Waals surface area contributed by atoms with Crippen LogP contribution in [0.4, 0.5) is 0 Å². The zero-order chi connectivity index (χ0) is 9.14. The third-order valence-corrected chi connectivity index (χ3v) is 2.19. The lowest BCUT2D eigenvalue weighted by atomic mass is 10.2. The highest BCUT2D eigenvalue weighted by atomic mass is 35.5. The molecule has 0 aliphatic heterocycles. The van der Waals surface area contributed by atoms with Gasteiger partial charge >= 0.3 is 0 Å². The summed E-state index contributed by atoms with van der Waals surface area (Å²) >= 11 is 11.6. The van der Waals surface area contributed by atoms with Crippen molar-refractivity contribution in [1.82, 2.24) is 10.3 Å². The van der Waals surface area contributed by atoms with Crippen LogP contribution in [0.2, 0.25) is 10.0 Å². The van der Waals surface area contributed by atoms with E-state index in [0.29, 0.717) is 10.0 Å². The standard InChI is InChI=1S/C8H10Cl2N2/c1-5(11-2)8-7(10)3-6(9)4-12-8/h3-5,11H,1-2H3/t5-/m1/s1. The summed E-state index contributed by atoms with van der Waals surface area (Å²) in [4.78, 5) is 4.12. The molecule has 1 aromatic heterocycles. The molecule has 0 amide bonds. The molecule has 0 aliphatic rings. The van der Waals surface area contributed by atoms with Crippen molar-refractivity contribution in [3.05, 3.63) is 28.0 Å². The Labute approximate surface area is 81.9 Å². The quantitative estimate of drug-likeness (QED) is 0.802. The first-order valence-electron chi connectivity index (χ1n) is 3.63. The second-order valence-electron chi connectivity index (χ2n) is 2.53. The molecule has 0 fully saturated rings. The van der Waals surface area contributed by atoms with E-state index in [2.05, 4.69) is 10.3 Å². The van der Waals surface area contributed by atoms with Gasteiger partial charge in [-0.15, -0.1) is 0 Å². The van der Waals surface area contributed by atoms with Crippen LogP contribution in [0.3, 0.4) is 0 Å². The van der Waals surface area contributed by atoms with E-state index in [4.69, 9.17) is 23.2 Å². The predicted octanol–water partition coefficient (Wildman–Crippen LogP) is 2.67. The van der Waals surface area contributed by atoms with E-state index in [1.165, 1.54) is 0 Å². The molecule has 1 N–H and O–H groups in total. The number of rotatable bonds is 2. The average molecular weight is 205 g/mol. The minimum Gasteiger partial charge on any atom is -0.312 e. The van der Waals surface area contributed by atoms with E-state index >= 15 is 0 Å².